The lowest BCUT2D eigenvalue weighted by atomic mass is 10.2. The number of anilines is 2. The number of thiazole rings is 1. The van der Waals surface area contributed by atoms with E-state index in [2.05, 4.69) is 20.9 Å². The molecule has 0 fully saturated rings. The number of nitrogens with zero attached hydrogens (tertiary/aromatic N) is 1. The van der Waals surface area contributed by atoms with Crippen LogP contribution in [0.25, 0.3) is 0 Å². The van der Waals surface area contributed by atoms with Gasteiger partial charge in [-0.1, -0.05) is 29.0 Å². The first-order valence-corrected chi connectivity index (χ1v) is 8.70. The summed E-state index contributed by atoms with van der Waals surface area (Å²) >= 11 is 1.15. The molecule has 0 unspecified atom stereocenters. The number of carbonyl (C=O) groups is 2. The minimum absolute atomic E-state index is 0.196. The summed E-state index contributed by atoms with van der Waals surface area (Å²) in [6.45, 7) is 4.84. The number of ether oxygens (including phenoxy) is 1. The highest BCUT2D eigenvalue weighted by Crippen LogP contribution is 2.22. The molecule has 2 rings (SSSR count). The van der Waals surface area contributed by atoms with Crippen molar-refractivity contribution in [3.8, 4) is 0 Å². The molecule has 25 heavy (non-hydrogen) atoms. The first kappa shape index (κ1) is 18.9. The molecule has 3 amide bonds. The van der Waals surface area contributed by atoms with E-state index in [0.717, 1.165) is 23.3 Å². The Morgan fingerprint density at radius 2 is 1.88 bits per heavy atom. The van der Waals surface area contributed by atoms with Crippen molar-refractivity contribution in [3.63, 3.8) is 0 Å². The van der Waals surface area contributed by atoms with E-state index in [9.17, 15) is 9.59 Å². The van der Waals surface area contributed by atoms with Crippen molar-refractivity contribution in [2.24, 2.45) is 0 Å². The zero-order valence-corrected chi connectivity index (χ0v) is 15.3. The fourth-order valence-electron chi connectivity index (χ4n) is 2.06. The van der Waals surface area contributed by atoms with Gasteiger partial charge < -0.3 is 15.4 Å². The van der Waals surface area contributed by atoms with Crippen molar-refractivity contribution in [1.29, 1.82) is 0 Å². The number of aromatic nitrogens is 1. The van der Waals surface area contributed by atoms with Crippen molar-refractivity contribution in [2.45, 2.75) is 20.3 Å². The number of carbonyl (C=O) groups excluding carboxylic acids is 2. The molecule has 0 spiro atoms. The third-order valence-corrected chi connectivity index (χ3v) is 4.42. The minimum Gasteiger partial charge on any atom is -0.385 e. The second-order valence-electron chi connectivity index (χ2n) is 5.48. The van der Waals surface area contributed by atoms with E-state index in [4.69, 9.17) is 4.74 Å². The average Bonchev–Trinajstić information content (AvgIpc) is 2.94. The van der Waals surface area contributed by atoms with Crippen LogP contribution in [0.1, 0.15) is 27.3 Å². The van der Waals surface area contributed by atoms with Gasteiger partial charge in [-0.2, -0.15) is 0 Å². The Kier molecular flexibility index (Phi) is 6.91. The second-order valence-corrected chi connectivity index (χ2v) is 6.48. The summed E-state index contributed by atoms with van der Waals surface area (Å²) < 4.78 is 4.94. The number of methoxy groups -OCH3 is 1. The molecule has 1 aromatic carbocycles. The Bertz CT molecular complexity index is 728. The third kappa shape index (κ3) is 5.84. The van der Waals surface area contributed by atoms with Crippen LogP contribution in [-0.4, -0.2) is 37.2 Å². The van der Waals surface area contributed by atoms with E-state index < -0.39 is 6.03 Å². The van der Waals surface area contributed by atoms with Crippen LogP contribution < -0.4 is 16.0 Å². The highest BCUT2D eigenvalue weighted by molar-refractivity contribution is 7.17. The molecule has 8 heteroatoms. The molecule has 0 radical (unpaired) electrons. The Morgan fingerprint density at radius 1 is 1.16 bits per heavy atom. The summed E-state index contributed by atoms with van der Waals surface area (Å²) in [7, 11) is 1.62. The van der Waals surface area contributed by atoms with Gasteiger partial charge in [0.2, 0.25) is 0 Å². The van der Waals surface area contributed by atoms with Gasteiger partial charge in [-0.25, -0.2) is 9.78 Å². The second kappa shape index (κ2) is 9.14. The van der Waals surface area contributed by atoms with Crippen LogP contribution in [0.2, 0.25) is 0 Å². The molecule has 1 aromatic heterocycles. The molecule has 134 valence electrons. The normalized spacial score (nSPS) is 10.4. The molecule has 0 aliphatic rings. The van der Waals surface area contributed by atoms with Gasteiger partial charge in [-0.3, -0.25) is 10.1 Å². The summed E-state index contributed by atoms with van der Waals surface area (Å²) in [5.41, 5.74) is 2.38. The van der Waals surface area contributed by atoms with Crippen LogP contribution in [0.5, 0.6) is 0 Å². The number of hydrogen-bond acceptors (Lipinski definition) is 5. The zero-order valence-electron chi connectivity index (χ0n) is 14.5. The quantitative estimate of drug-likeness (QED) is 0.660. The first-order chi connectivity index (χ1) is 12.0. The van der Waals surface area contributed by atoms with Crippen molar-refractivity contribution in [1.82, 2.24) is 10.3 Å². The Labute approximate surface area is 150 Å². The molecule has 1 heterocycles. The minimum atomic E-state index is -0.398. The van der Waals surface area contributed by atoms with E-state index in [0.29, 0.717) is 34.5 Å². The number of nitrogens with one attached hydrogen (secondary N) is 3. The highest BCUT2D eigenvalue weighted by atomic mass is 32.1. The lowest BCUT2D eigenvalue weighted by Crippen LogP contribution is -2.25. The highest BCUT2D eigenvalue weighted by Gasteiger charge is 2.16. The van der Waals surface area contributed by atoms with Gasteiger partial charge in [0.1, 0.15) is 4.88 Å². The molecular weight excluding hydrogens is 340 g/mol. The summed E-state index contributed by atoms with van der Waals surface area (Å²) in [5, 5.41) is 8.57. The Hall–Kier alpha value is -2.45. The maximum absolute atomic E-state index is 12.1. The van der Waals surface area contributed by atoms with Crippen molar-refractivity contribution in [2.75, 3.05) is 30.9 Å². The lowest BCUT2D eigenvalue weighted by Gasteiger charge is -2.05. The number of aryl methyl sites for hydroxylation is 2. The molecule has 2 aromatic rings. The van der Waals surface area contributed by atoms with Crippen LogP contribution in [0.15, 0.2) is 24.3 Å². The lowest BCUT2D eigenvalue weighted by molar-refractivity contribution is 0.0952. The van der Waals surface area contributed by atoms with Gasteiger partial charge in [0.05, 0.1) is 5.69 Å². The molecule has 0 bridgehead atoms. The summed E-state index contributed by atoms with van der Waals surface area (Å²) in [6.07, 6.45) is 0.740. The Balaban J connectivity index is 1.91. The van der Waals surface area contributed by atoms with Crippen LogP contribution in [0.4, 0.5) is 15.6 Å². The zero-order chi connectivity index (χ0) is 18.2. The maximum atomic E-state index is 12.1. The van der Waals surface area contributed by atoms with E-state index in [1.807, 2.05) is 31.2 Å². The Morgan fingerprint density at radius 3 is 2.56 bits per heavy atom. The van der Waals surface area contributed by atoms with Gasteiger partial charge in [-0.15, -0.1) is 0 Å². The van der Waals surface area contributed by atoms with Crippen molar-refractivity contribution < 1.29 is 14.3 Å². The monoisotopic (exact) mass is 362 g/mol. The number of rotatable bonds is 7. The van der Waals surface area contributed by atoms with Gasteiger partial charge in [0.25, 0.3) is 5.91 Å². The molecule has 0 saturated carbocycles. The van der Waals surface area contributed by atoms with E-state index in [1.165, 1.54) is 0 Å². The fourth-order valence-corrected chi connectivity index (χ4v) is 2.93. The van der Waals surface area contributed by atoms with Gasteiger partial charge in [0, 0.05) is 25.9 Å². The SMILES string of the molecule is COCCCNC(=O)c1sc(NC(=O)Nc2ccc(C)cc2)nc1C. The largest absolute Gasteiger partial charge is 0.385 e. The van der Waals surface area contributed by atoms with E-state index in [1.54, 1.807) is 14.0 Å². The number of hydrogen-bond donors (Lipinski definition) is 3. The van der Waals surface area contributed by atoms with Crippen LogP contribution in [0, 0.1) is 13.8 Å². The molecule has 0 aliphatic heterocycles. The smallest absolute Gasteiger partial charge is 0.325 e. The average molecular weight is 362 g/mol. The predicted molar refractivity (Wildman–Crippen MR) is 99.5 cm³/mol. The van der Waals surface area contributed by atoms with Gasteiger partial charge in [0.15, 0.2) is 5.13 Å². The van der Waals surface area contributed by atoms with E-state index in [-0.39, 0.29) is 5.91 Å². The van der Waals surface area contributed by atoms with Crippen molar-refractivity contribution in [3.05, 3.63) is 40.4 Å². The van der Waals surface area contributed by atoms with Crippen molar-refractivity contribution >= 4 is 34.1 Å². The van der Waals surface area contributed by atoms with Crippen LogP contribution in [0.3, 0.4) is 0 Å². The van der Waals surface area contributed by atoms with Gasteiger partial charge >= 0.3 is 6.03 Å². The molecular formula is C17H22N4O3S. The first-order valence-electron chi connectivity index (χ1n) is 7.89. The molecule has 0 aliphatic carbocycles. The summed E-state index contributed by atoms with van der Waals surface area (Å²) in [6, 6.07) is 7.07. The van der Waals surface area contributed by atoms with Gasteiger partial charge in [-0.05, 0) is 32.4 Å². The van der Waals surface area contributed by atoms with Crippen LogP contribution in [-0.2, 0) is 4.74 Å². The predicted octanol–water partition coefficient (Wildman–Crippen LogP) is 3.17. The third-order valence-electron chi connectivity index (χ3n) is 3.34. The molecule has 3 N–H and O–H groups in total. The standard InChI is InChI=1S/C17H22N4O3S/c1-11-5-7-13(8-6-11)20-16(23)21-17-19-12(2)14(25-17)15(22)18-9-4-10-24-3/h5-8H,4,9-10H2,1-3H3,(H,18,22)(H2,19,20,21,23). The summed E-state index contributed by atoms with van der Waals surface area (Å²) in [5.74, 6) is -0.196. The topological polar surface area (TPSA) is 92.4 Å². The fraction of sp³-hybridized carbons (Fsp3) is 0.353. The number of urea groups is 1. The maximum Gasteiger partial charge on any atom is 0.325 e. The molecule has 7 nitrogen and oxygen atoms in total. The number of amides is 3. The van der Waals surface area contributed by atoms with Crippen LogP contribution >= 0.6 is 11.3 Å². The number of benzene rings is 1. The molecule has 0 atom stereocenters. The summed E-state index contributed by atoms with van der Waals surface area (Å²) in [4.78, 5) is 28.9. The van der Waals surface area contributed by atoms with E-state index >= 15 is 0 Å². The molecule has 0 saturated heterocycles.